The van der Waals surface area contributed by atoms with Gasteiger partial charge in [0.05, 0.1) is 25.3 Å². The van der Waals surface area contributed by atoms with Gasteiger partial charge in [-0.2, -0.15) is 0 Å². The summed E-state index contributed by atoms with van der Waals surface area (Å²) in [5.74, 6) is 1.70. The van der Waals surface area contributed by atoms with E-state index in [1.165, 1.54) is 18.4 Å². The number of carbonyl (C=O) groups excluding carboxylic acids is 2. The maximum absolute atomic E-state index is 13.5. The summed E-state index contributed by atoms with van der Waals surface area (Å²) >= 11 is 0. The van der Waals surface area contributed by atoms with Crippen LogP contribution < -0.4 is 15.0 Å². The Hall–Kier alpha value is -3.98. The van der Waals surface area contributed by atoms with Crippen LogP contribution in [0.15, 0.2) is 54.9 Å². The topological polar surface area (TPSA) is 96.9 Å². The van der Waals surface area contributed by atoms with Crippen molar-refractivity contribution >= 4 is 17.8 Å². The quantitative estimate of drug-likeness (QED) is 0.559. The first kappa shape index (κ1) is 25.3. The molecule has 9 heteroatoms. The average Bonchev–Trinajstić information content (AvgIpc) is 3.83. The molecule has 3 aromatic rings. The molecule has 0 spiro atoms. The Balaban J connectivity index is 1.22. The molecule has 2 bridgehead atoms. The van der Waals surface area contributed by atoms with E-state index in [1.54, 1.807) is 17.3 Å². The van der Waals surface area contributed by atoms with Gasteiger partial charge in [-0.15, -0.1) is 0 Å². The molecular weight excluding hydrogens is 494 g/mol. The molecule has 1 N–H and O–H groups in total. The number of ether oxygens (including phenoxy) is 2. The van der Waals surface area contributed by atoms with Gasteiger partial charge in [0.1, 0.15) is 12.4 Å². The van der Waals surface area contributed by atoms with Crippen molar-refractivity contribution in [3.63, 3.8) is 0 Å². The molecule has 0 atom stereocenters. The zero-order chi connectivity index (χ0) is 26.6. The summed E-state index contributed by atoms with van der Waals surface area (Å²) in [5.41, 5.74) is 4.51. The lowest BCUT2D eigenvalue weighted by atomic mass is 9.98. The van der Waals surface area contributed by atoms with E-state index in [2.05, 4.69) is 33.5 Å². The molecule has 0 unspecified atom stereocenters. The van der Waals surface area contributed by atoms with Crippen LogP contribution in [-0.2, 0) is 11.2 Å². The van der Waals surface area contributed by atoms with Crippen molar-refractivity contribution in [3.05, 3.63) is 82.7 Å². The molecule has 0 radical (unpaired) electrons. The standard InChI is InChI=1S/C30H33N5O4/c36-28-24-3-1-2-21(16-24)17-25-18-23(22-4-5-22)6-7-27(25)39-15-12-34(9-8-31-28)29(37)26-19-32-30(33-20-26)35-10-13-38-14-11-35/h1-3,6-7,16,18-20,22H,4-5,8-15,17H2,(H,31,36). The van der Waals surface area contributed by atoms with Crippen LogP contribution in [0.2, 0.25) is 0 Å². The first-order valence-electron chi connectivity index (χ1n) is 13.7. The summed E-state index contributed by atoms with van der Waals surface area (Å²) in [7, 11) is 0. The molecule has 1 saturated carbocycles. The van der Waals surface area contributed by atoms with E-state index < -0.39 is 0 Å². The van der Waals surface area contributed by atoms with Crippen LogP contribution in [0.25, 0.3) is 0 Å². The van der Waals surface area contributed by atoms with Crippen LogP contribution in [-0.4, -0.2) is 79.2 Å². The highest BCUT2D eigenvalue weighted by atomic mass is 16.5. The fourth-order valence-corrected chi connectivity index (χ4v) is 5.12. The van der Waals surface area contributed by atoms with Gasteiger partial charge in [-0.1, -0.05) is 24.3 Å². The van der Waals surface area contributed by atoms with Gasteiger partial charge in [0.2, 0.25) is 5.95 Å². The third-order valence-electron chi connectivity index (χ3n) is 7.47. The van der Waals surface area contributed by atoms with Crippen LogP contribution >= 0.6 is 0 Å². The van der Waals surface area contributed by atoms with Gasteiger partial charge in [-0.3, -0.25) is 9.59 Å². The lowest BCUT2D eigenvalue weighted by Crippen LogP contribution is -2.41. The number of benzene rings is 2. The third kappa shape index (κ3) is 6.04. The van der Waals surface area contributed by atoms with E-state index in [9.17, 15) is 9.59 Å². The second-order valence-electron chi connectivity index (χ2n) is 10.3. The normalized spacial score (nSPS) is 18.4. The number of anilines is 1. The first-order chi connectivity index (χ1) is 19.1. The summed E-state index contributed by atoms with van der Waals surface area (Å²) in [6, 6.07) is 14.2. The Kier molecular flexibility index (Phi) is 7.40. The Bertz CT molecular complexity index is 1340. The summed E-state index contributed by atoms with van der Waals surface area (Å²) in [4.78, 5) is 39.0. The largest absolute Gasteiger partial charge is 0.491 e. The van der Waals surface area contributed by atoms with E-state index in [0.717, 1.165) is 30.0 Å². The van der Waals surface area contributed by atoms with Gasteiger partial charge < -0.3 is 24.6 Å². The van der Waals surface area contributed by atoms with Crippen molar-refractivity contribution in [1.29, 1.82) is 0 Å². The Morgan fingerprint density at radius 2 is 1.77 bits per heavy atom. The van der Waals surface area contributed by atoms with Crippen LogP contribution in [0.5, 0.6) is 5.75 Å². The average molecular weight is 528 g/mol. The van der Waals surface area contributed by atoms with Crippen LogP contribution in [0.4, 0.5) is 5.95 Å². The molecule has 3 aliphatic rings. The van der Waals surface area contributed by atoms with Crippen molar-refractivity contribution in [2.24, 2.45) is 0 Å². The fraction of sp³-hybridized carbons (Fsp3) is 0.400. The van der Waals surface area contributed by atoms with Crippen LogP contribution in [0, 0.1) is 0 Å². The molecule has 6 rings (SSSR count). The van der Waals surface area contributed by atoms with Crippen molar-refractivity contribution in [3.8, 4) is 5.75 Å². The molecular formula is C30H33N5O4. The number of amides is 2. The van der Waals surface area contributed by atoms with Gasteiger partial charge in [0.25, 0.3) is 11.8 Å². The predicted molar refractivity (Wildman–Crippen MR) is 146 cm³/mol. The van der Waals surface area contributed by atoms with E-state index in [4.69, 9.17) is 9.47 Å². The van der Waals surface area contributed by atoms with E-state index in [-0.39, 0.29) is 11.8 Å². The molecule has 39 heavy (non-hydrogen) atoms. The summed E-state index contributed by atoms with van der Waals surface area (Å²) in [6.45, 7) is 4.09. The minimum Gasteiger partial charge on any atom is -0.491 e. The summed E-state index contributed by atoms with van der Waals surface area (Å²) in [5, 5.41) is 2.96. The smallest absolute Gasteiger partial charge is 0.257 e. The van der Waals surface area contributed by atoms with Gasteiger partial charge in [-0.05, 0) is 53.6 Å². The number of carbonyl (C=O) groups is 2. The SMILES string of the molecule is O=C1NCCN(C(=O)c2cnc(N3CCOCC3)nc2)CCOc2ccc(C3CC3)cc2Cc2cccc1c2. The summed E-state index contributed by atoms with van der Waals surface area (Å²) < 4.78 is 11.7. The zero-order valence-electron chi connectivity index (χ0n) is 22.0. The van der Waals surface area contributed by atoms with Gasteiger partial charge in [0, 0.05) is 50.6 Å². The lowest BCUT2D eigenvalue weighted by molar-refractivity contribution is 0.0722. The molecule has 1 saturated heterocycles. The number of nitrogens with one attached hydrogen (secondary N) is 1. The molecule has 2 amide bonds. The fourth-order valence-electron chi connectivity index (χ4n) is 5.12. The highest BCUT2D eigenvalue weighted by Crippen LogP contribution is 2.41. The Morgan fingerprint density at radius 1 is 0.949 bits per heavy atom. The Labute approximate surface area is 228 Å². The Morgan fingerprint density at radius 3 is 2.56 bits per heavy atom. The molecule has 3 heterocycles. The molecule has 1 aliphatic carbocycles. The van der Waals surface area contributed by atoms with E-state index >= 15 is 0 Å². The van der Waals surface area contributed by atoms with Gasteiger partial charge in [0.15, 0.2) is 0 Å². The van der Waals surface area contributed by atoms with Gasteiger partial charge >= 0.3 is 0 Å². The van der Waals surface area contributed by atoms with Crippen molar-refractivity contribution < 1.29 is 19.1 Å². The van der Waals surface area contributed by atoms with Crippen molar-refractivity contribution in [2.75, 3.05) is 57.4 Å². The monoisotopic (exact) mass is 527 g/mol. The number of hydrogen-bond acceptors (Lipinski definition) is 7. The number of rotatable bonds is 3. The predicted octanol–water partition coefficient (Wildman–Crippen LogP) is 3.05. The number of nitrogens with zero attached hydrogens (tertiary/aromatic N) is 4. The maximum atomic E-state index is 13.5. The molecule has 9 nitrogen and oxygen atoms in total. The molecule has 2 aliphatic heterocycles. The minimum atomic E-state index is -0.195. The molecule has 2 fully saturated rings. The number of fused-ring (bicyclic) bond motifs is 3. The van der Waals surface area contributed by atoms with E-state index in [0.29, 0.717) is 68.9 Å². The van der Waals surface area contributed by atoms with Crippen LogP contribution in [0.3, 0.4) is 0 Å². The summed E-state index contributed by atoms with van der Waals surface area (Å²) in [6.07, 6.45) is 6.27. The minimum absolute atomic E-state index is 0.150. The van der Waals surface area contributed by atoms with Crippen LogP contribution in [0.1, 0.15) is 56.2 Å². The van der Waals surface area contributed by atoms with Crippen molar-refractivity contribution in [1.82, 2.24) is 20.2 Å². The lowest BCUT2D eigenvalue weighted by Gasteiger charge is -2.27. The highest BCUT2D eigenvalue weighted by Gasteiger charge is 2.25. The number of morpholine rings is 1. The first-order valence-corrected chi connectivity index (χ1v) is 13.7. The second kappa shape index (κ2) is 11.4. The number of hydrogen-bond donors (Lipinski definition) is 1. The molecule has 202 valence electrons. The molecule has 1 aromatic heterocycles. The van der Waals surface area contributed by atoms with Crippen molar-refractivity contribution in [2.45, 2.75) is 25.2 Å². The molecule has 2 aromatic carbocycles. The number of aromatic nitrogens is 2. The van der Waals surface area contributed by atoms with Gasteiger partial charge in [-0.25, -0.2) is 9.97 Å². The third-order valence-corrected chi connectivity index (χ3v) is 7.47. The highest BCUT2D eigenvalue weighted by molar-refractivity contribution is 5.95. The zero-order valence-corrected chi connectivity index (χ0v) is 22.0. The second-order valence-corrected chi connectivity index (χ2v) is 10.3. The van der Waals surface area contributed by atoms with E-state index in [1.807, 2.05) is 29.2 Å². The maximum Gasteiger partial charge on any atom is 0.257 e.